The van der Waals surface area contributed by atoms with Crippen LogP contribution < -0.4 is 55.7 Å². The van der Waals surface area contributed by atoms with E-state index in [4.69, 9.17) is 82.1 Å². The summed E-state index contributed by atoms with van der Waals surface area (Å²) in [5, 5.41) is 74.6. The standard InChI is InChI=1S/C17H15BrF3N3OS.C17H15BrN4OS.C17H15BrN4OSe.C12H16BrN3O2S.C12H14N6Se2/c18-13-5-6-14(11(7-13)9-26-16(22)23)15(25)24-8-10-1-3-12(4-2-10)17(19,20)21;18-15-3-1-2-13(14(15)10-24-17(20)21)16(23)22-9-12-6-4-11(8-19)5-7-12;18-14-5-6-15(13(7-14)10-24-17(20)21)16(23)22-9-12-3-1-11(8-19)2-4-12;1-18-5-4-16-11(17)10-3-2-9(13)6-8(10)7-19-12(14)15;13-11(14)19-5-9-10(6-20-12(15)16)18-8-4-2-1-3-7(8)17-9/h1-7H,8-9H2,(H3,22,23)(H,24,25);2*1-7H,9-10H2,(H3,20,21)(H,22,23);2-3,6H,4-5,7H2,1H3,(H3,14,15)(H,16,17);1-4H,5-6H2,(H3,13,14)(H3,15,16). The van der Waals surface area contributed by atoms with E-state index in [0.717, 1.165) is 92.0 Å². The summed E-state index contributed by atoms with van der Waals surface area (Å²) in [5.74, 6) is 0.428. The fraction of sp³-hybridized carbons (Fsp3) is 0.173. The predicted molar refractivity (Wildman–Crippen MR) is 461 cm³/mol. The van der Waals surface area contributed by atoms with Crippen LogP contribution in [0.1, 0.15) is 108 Å². The van der Waals surface area contributed by atoms with E-state index in [1.807, 2.05) is 78.9 Å². The summed E-state index contributed by atoms with van der Waals surface area (Å²) in [6, 6.07) is 52.0. The van der Waals surface area contributed by atoms with Gasteiger partial charge in [-0.3, -0.25) is 30.6 Å². The van der Waals surface area contributed by atoms with Gasteiger partial charge in [0.25, 0.3) is 17.7 Å². The number of amides is 4. The summed E-state index contributed by atoms with van der Waals surface area (Å²) in [4.78, 5) is 58.6. The number of benzene rings is 8. The number of amidine groups is 6. The summed E-state index contributed by atoms with van der Waals surface area (Å²) < 4.78 is 46.5. The molecule has 0 saturated heterocycles. The van der Waals surface area contributed by atoms with Crippen molar-refractivity contribution in [3.05, 3.63) is 277 Å². The number of hydrogen-bond acceptors (Lipinski definition) is 18. The van der Waals surface area contributed by atoms with Crippen molar-refractivity contribution in [2.24, 2.45) is 34.4 Å². The number of para-hydroxylation sites is 2. The number of rotatable bonds is 28. The van der Waals surface area contributed by atoms with E-state index >= 15 is 0 Å². The van der Waals surface area contributed by atoms with Crippen LogP contribution >= 0.6 is 99.0 Å². The van der Waals surface area contributed by atoms with Crippen LogP contribution in [0.25, 0.3) is 11.0 Å². The molecule has 9 rings (SSSR count). The van der Waals surface area contributed by atoms with Gasteiger partial charge >= 0.3 is 290 Å². The Morgan fingerprint density at radius 3 is 1.21 bits per heavy atom. The molecule has 9 aromatic rings. The number of thioether (sulfide) groups is 3. The number of nitrogens with one attached hydrogen (secondary N) is 10. The maximum absolute atomic E-state index is 12.6. The molecule has 8 aromatic carbocycles. The summed E-state index contributed by atoms with van der Waals surface area (Å²) in [6.07, 6.45) is -4.39. The first-order valence-corrected chi connectivity index (χ1v) is 45.0. The molecule has 0 unspecified atom stereocenters. The van der Waals surface area contributed by atoms with Crippen molar-refractivity contribution in [3.8, 4) is 12.1 Å². The number of nitrogens with zero attached hydrogens (tertiary/aromatic N) is 4. The monoisotopic (exact) mass is 2040 g/mol. The Morgan fingerprint density at radius 2 is 0.832 bits per heavy atom. The van der Waals surface area contributed by atoms with Gasteiger partial charge in [-0.2, -0.15) is 18.4 Å². The number of methoxy groups -OCH3 is 1. The van der Waals surface area contributed by atoms with Crippen molar-refractivity contribution in [1.82, 2.24) is 31.2 Å². The molecule has 0 fully saturated rings. The Balaban J connectivity index is 0.000000254. The van der Waals surface area contributed by atoms with Gasteiger partial charge in [-0.1, -0.05) is 113 Å². The fourth-order valence-corrected chi connectivity index (χ4v) is 16.2. The Hall–Kier alpha value is -8.94. The van der Waals surface area contributed by atoms with Crippen molar-refractivity contribution in [2.45, 2.75) is 59.0 Å². The van der Waals surface area contributed by atoms with Crippen LogP contribution in [0.15, 0.2) is 188 Å². The van der Waals surface area contributed by atoms with Crippen LogP contribution in [0, 0.1) is 55.1 Å². The van der Waals surface area contributed by atoms with Gasteiger partial charge in [0.1, 0.15) is 0 Å². The molecule has 0 radical (unpaired) electrons. The molecule has 0 saturated carbocycles. The van der Waals surface area contributed by atoms with Crippen LogP contribution in [0.3, 0.4) is 0 Å². The van der Waals surface area contributed by atoms with Gasteiger partial charge in [0, 0.05) is 74.1 Å². The second-order valence-corrected chi connectivity index (χ2v) is 35.9. The molecule has 113 heavy (non-hydrogen) atoms. The van der Waals surface area contributed by atoms with Crippen molar-refractivity contribution in [1.29, 1.82) is 43.0 Å². The van der Waals surface area contributed by atoms with Crippen molar-refractivity contribution in [2.75, 3.05) is 20.3 Å². The first kappa shape index (κ1) is 94.7. The number of fused-ring (bicyclic) bond motifs is 1. The number of carbonyl (C=O) groups is 4. The van der Waals surface area contributed by atoms with Crippen molar-refractivity contribution in [3.63, 3.8) is 0 Å². The average molecular weight is 2050 g/mol. The molecular weight excluding hydrogens is 1970 g/mol. The number of halogens is 7. The number of nitrogens with two attached hydrogens (primary N) is 6. The zero-order valence-electron chi connectivity index (χ0n) is 59.8. The average Bonchev–Trinajstić information content (AvgIpc) is 0.563. The van der Waals surface area contributed by atoms with Crippen LogP contribution in [0.5, 0.6) is 0 Å². The number of hydrogen-bond donors (Lipinski definition) is 16. The second-order valence-electron chi connectivity index (χ2n) is 22.8. The Labute approximate surface area is 715 Å². The number of nitriles is 2. The van der Waals surface area contributed by atoms with E-state index in [2.05, 4.69) is 107 Å². The summed E-state index contributed by atoms with van der Waals surface area (Å²) in [6.45, 7) is 1.80. The molecule has 0 bridgehead atoms. The van der Waals surface area contributed by atoms with Crippen molar-refractivity contribution >= 4 is 208 Å². The third-order valence-electron chi connectivity index (χ3n) is 14.7. The molecule has 4 amide bonds. The van der Waals surface area contributed by atoms with Crippen LogP contribution in [0.4, 0.5) is 13.2 Å². The molecule has 25 nitrogen and oxygen atoms in total. The molecule has 38 heteroatoms. The molecule has 0 spiro atoms. The first-order chi connectivity index (χ1) is 53.8. The summed E-state index contributed by atoms with van der Waals surface area (Å²) >= 11 is 16.6. The van der Waals surface area contributed by atoms with E-state index < -0.39 is 11.7 Å². The molecule has 590 valence electrons. The quantitative estimate of drug-likeness (QED) is 0.00937. The molecule has 1 aromatic heterocycles. The number of carbonyl (C=O) groups excluding carboxylic acids is 4. The zero-order valence-corrected chi connectivity index (χ0v) is 73.8. The molecule has 0 atom stereocenters. The number of alkyl halides is 3. The molecule has 0 aliphatic rings. The summed E-state index contributed by atoms with van der Waals surface area (Å²) in [7, 11) is 1.58. The maximum atomic E-state index is 12.6. The third-order valence-corrected chi connectivity index (χ3v) is 23.8. The molecule has 0 aliphatic carbocycles. The molecule has 22 N–H and O–H groups in total. The van der Waals surface area contributed by atoms with Crippen LogP contribution in [-0.2, 0) is 63.8 Å². The molecule has 1 heterocycles. The molecular formula is C75H75Br4F3N20O5S3Se3. The van der Waals surface area contributed by atoms with E-state index in [1.165, 1.54) is 35.7 Å². The summed E-state index contributed by atoms with van der Waals surface area (Å²) in [5.41, 5.74) is 44.0. The van der Waals surface area contributed by atoms with Crippen LogP contribution in [0.2, 0.25) is 0 Å². The van der Waals surface area contributed by atoms with Gasteiger partial charge in [0.05, 0.1) is 23.8 Å². The van der Waals surface area contributed by atoms with Crippen molar-refractivity contribution < 1.29 is 37.1 Å². The SMILES string of the molecule is COCCNC(=O)c1ccc(Br)cc1CSC(=N)N.N#Cc1ccc(CNC(=O)c2ccc(Br)cc2C[Se]C(=N)N)cc1.N#Cc1ccc(CNC(=O)c2cccc(Br)c2CSC(=N)N)cc1.N=C(N)SCc1cc(Br)ccc1C(=O)NCc1ccc(C(F)(F)F)cc1.N=C(N)[Se]Cc1nc2ccccc2nc1C[Se]C(=N)N. The Kier molecular flexibility index (Phi) is 41.6. The van der Waals surface area contributed by atoms with E-state index in [1.54, 1.807) is 73.8 Å². The zero-order chi connectivity index (χ0) is 83.2. The number of aromatic nitrogens is 2. The van der Waals surface area contributed by atoms with Gasteiger partial charge in [0.15, 0.2) is 15.5 Å². The topological polar surface area (TPSA) is 498 Å². The second kappa shape index (κ2) is 49.6. The third kappa shape index (κ3) is 35.1. The minimum atomic E-state index is -4.39. The Morgan fingerprint density at radius 1 is 0.469 bits per heavy atom. The molecule has 0 aliphatic heterocycles. The van der Waals surface area contributed by atoms with Crippen LogP contribution in [-0.4, -0.2) is 128 Å². The fourth-order valence-electron chi connectivity index (χ4n) is 9.24. The normalized spacial score (nSPS) is 10.4. The van der Waals surface area contributed by atoms with Gasteiger partial charge in [-0.25, -0.2) is 0 Å². The van der Waals surface area contributed by atoms with Gasteiger partial charge in [0.2, 0.25) is 0 Å². The number of ether oxygens (including phenoxy) is 1. The van der Waals surface area contributed by atoms with E-state index in [9.17, 15) is 32.3 Å². The van der Waals surface area contributed by atoms with Gasteiger partial charge in [-0.15, -0.1) is 0 Å². The van der Waals surface area contributed by atoms with Gasteiger partial charge in [-0.05, 0) is 101 Å². The minimum absolute atomic E-state index is 0.00898. The van der Waals surface area contributed by atoms with Gasteiger partial charge < -0.3 is 37.9 Å². The predicted octanol–water partition coefficient (Wildman–Crippen LogP) is 12.0. The van der Waals surface area contributed by atoms with E-state index in [-0.39, 0.29) is 105 Å². The Bertz CT molecular complexity index is 4900. The first-order valence-electron chi connectivity index (χ1n) is 32.7. The van der Waals surface area contributed by atoms with E-state index in [0.29, 0.717) is 104 Å².